The SMILES string of the molecule is C=C(c1cnccc1C(F)(F)F)C(C)(C)C. The van der Waals surface area contributed by atoms with Gasteiger partial charge in [0.2, 0.25) is 0 Å². The van der Waals surface area contributed by atoms with E-state index in [4.69, 9.17) is 0 Å². The van der Waals surface area contributed by atoms with Crippen LogP contribution in [0.2, 0.25) is 0 Å². The van der Waals surface area contributed by atoms with Crippen molar-refractivity contribution in [2.24, 2.45) is 5.41 Å². The molecule has 0 saturated carbocycles. The molecule has 88 valence electrons. The number of hydrogen-bond donors (Lipinski definition) is 0. The van der Waals surface area contributed by atoms with Crippen molar-refractivity contribution in [2.75, 3.05) is 0 Å². The third-order valence-corrected chi connectivity index (χ3v) is 2.36. The molecule has 1 aromatic heterocycles. The zero-order valence-electron chi connectivity index (χ0n) is 9.52. The van der Waals surface area contributed by atoms with Crippen molar-refractivity contribution in [1.29, 1.82) is 0 Å². The quantitative estimate of drug-likeness (QED) is 0.704. The van der Waals surface area contributed by atoms with Gasteiger partial charge >= 0.3 is 6.18 Å². The van der Waals surface area contributed by atoms with Crippen LogP contribution in [0.5, 0.6) is 0 Å². The summed E-state index contributed by atoms with van der Waals surface area (Å²) in [5.41, 5.74) is -0.582. The molecule has 0 aliphatic heterocycles. The van der Waals surface area contributed by atoms with Gasteiger partial charge in [0.05, 0.1) is 5.56 Å². The first-order valence-corrected chi connectivity index (χ1v) is 4.85. The van der Waals surface area contributed by atoms with Crippen molar-refractivity contribution in [3.8, 4) is 0 Å². The molecule has 0 spiro atoms. The summed E-state index contributed by atoms with van der Waals surface area (Å²) < 4.78 is 38.2. The molecular weight excluding hydrogens is 215 g/mol. The molecule has 16 heavy (non-hydrogen) atoms. The normalized spacial score (nSPS) is 12.6. The lowest BCUT2D eigenvalue weighted by Crippen LogP contribution is -2.14. The third-order valence-electron chi connectivity index (χ3n) is 2.36. The first-order chi connectivity index (χ1) is 7.14. The first-order valence-electron chi connectivity index (χ1n) is 4.85. The van der Waals surface area contributed by atoms with Gasteiger partial charge in [0.15, 0.2) is 0 Å². The average molecular weight is 229 g/mol. The summed E-state index contributed by atoms with van der Waals surface area (Å²) in [4.78, 5) is 3.73. The predicted octanol–water partition coefficient (Wildman–Crippen LogP) is 4.16. The van der Waals surface area contributed by atoms with Gasteiger partial charge in [-0.1, -0.05) is 27.4 Å². The van der Waals surface area contributed by atoms with Gasteiger partial charge in [-0.15, -0.1) is 0 Å². The van der Waals surface area contributed by atoms with E-state index >= 15 is 0 Å². The first kappa shape index (κ1) is 12.7. The van der Waals surface area contributed by atoms with Crippen LogP contribution in [0.1, 0.15) is 31.9 Å². The lowest BCUT2D eigenvalue weighted by atomic mass is 9.82. The average Bonchev–Trinajstić information content (AvgIpc) is 2.14. The Morgan fingerprint density at radius 2 is 1.81 bits per heavy atom. The molecule has 0 aliphatic carbocycles. The molecule has 1 aromatic rings. The molecular formula is C12H14F3N. The molecule has 0 aromatic carbocycles. The van der Waals surface area contributed by atoms with E-state index in [1.54, 1.807) is 0 Å². The zero-order chi connectivity index (χ0) is 12.6. The van der Waals surface area contributed by atoms with Crippen molar-refractivity contribution in [3.63, 3.8) is 0 Å². The minimum absolute atomic E-state index is 0.0718. The Morgan fingerprint density at radius 1 is 1.25 bits per heavy atom. The molecule has 1 rings (SSSR count). The second-order valence-electron chi connectivity index (χ2n) is 4.65. The highest BCUT2D eigenvalue weighted by Gasteiger charge is 2.35. The molecule has 0 aliphatic rings. The maximum absolute atomic E-state index is 12.7. The summed E-state index contributed by atoms with van der Waals surface area (Å²) in [6.07, 6.45) is -2.01. The second-order valence-corrected chi connectivity index (χ2v) is 4.65. The van der Waals surface area contributed by atoms with E-state index < -0.39 is 17.2 Å². The number of aromatic nitrogens is 1. The Morgan fingerprint density at radius 3 is 2.25 bits per heavy atom. The van der Waals surface area contributed by atoms with E-state index in [0.29, 0.717) is 5.57 Å². The fourth-order valence-electron chi connectivity index (χ4n) is 1.29. The fraction of sp³-hybridized carbons (Fsp3) is 0.417. The van der Waals surface area contributed by atoms with Crippen LogP contribution in [0, 0.1) is 5.41 Å². The highest BCUT2D eigenvalue weighted by molar-refractivity contribution is 5.69. The second kappa shape index (κ2) is 3.92. The Kier molecular flexibility index (Phi) is 3.13. The highest BCUT2D eigenvalue weighted by Crippen LogP contribution is 2.39. The minimum Gasteiger partial charge on any atom is -0.264 e. The predicted molar refractivity (Wildman–Crippen MR) is 57.7 cm³/mol. The monoisotopic (exact) mass is 229 g/mol. The molecule has 4 heteroatoms. The summed E-state index contributed by atoms with van der Waals surface area (Å²) in [5, 5.41) is 0. The van der Waals surface area contributed by atoms with E-state index in [-0.39, 0.29) is 5.56 Å². The zero-order valence-corrected chi connectivity index (χ0v) is 9.52. The standard InChI is InChI=1S/C12H14F3N/c1-8(11(2,3)4)9-7-16-6-5-10(9)12(13,14)15/h5-7H,1H2,2-4H3. The number of halogens is 3. The Labute approximate surface area is 93.0 Å². The molecule has 0 saturated heterocycles. The van der Waals surface area contributed by atoms with Gasteiger partial charge < -0.3 is 0 Å². The highest BCUT2D eigenvalue weighted by atomic mass is 19.4. The van der Waals surface area contributed by atoms with E-state index in [0.717, 1.165) is 12.3 Å². The summed E-state index contributed by atoms with van der Waals surface area (Å²) in [6.45, 7) is 9.20. The minimum atomic E-state index is -4.37. The summed E-state index contributed by atoms with van der Waals surface area (Å²) in [6, 6.07) is 0.978. The van der Waals surface area contributed by atoms with Crippen LogP contribution in [0.3, 0.4) is 0 Å². The van der Waals surface area contributed by atoms with Crippen LogP contribution in [-0.4, -0.2) is 4.98 Å². The molecule has 0 atom stereocenters. The van der Waals surface area contributed by atoms with Crippen LogP contribution < -0.4 is 0 Å². The number of hydrogen-bond acceptors (Lipinski definition) is 1. The smallest absolute Gasteiger partial charge is 0.264 e. The number of pyridine rings is 1. The van der Waals surface area contributed by atoms with Gasteiger partial charge in [-0.25, -0.2) is 0 Å². The number of alkyl halides is 3. The largest absolute Gasteiger partial charge is 0.417 e. The lowest BCUT2D eigenvalue weighted by molar-refractivity contribution is -0.137. The van der Waals surface area contributed by atoms with Crippen molar-refractivity contribution in [2.45, 2.75) is 26.9 Å². The van der Waals surface area contributed by atoms with Crippen molar-refractivity contribution < 1.29 is 13.2 Å². The molecule has 1 heterocycles. The van der Waals surface area contributed by atoms with Crippen LogP contribution in [0.25, 0.3) is 5.57 Å². The Balaban J connectivity index is 3.31. The van der Waals surface area contributed by atoms with Gasteiger partial charge in [0.25, 0.3) is 0 Å². The Bertz CT molecular complexity index is 399. The van der Waals surface area contributed by atoms with E-state index in [9.17, 15) is 13.2 Å². The maximum Gasteiger partial charge on any atom is 0.417 e. The lowest BCUT2D eigenvalue weighted by Gasteiger charge is -2.24. The van der Waals surface area contributed by atoms with Crippen LogP contribution >= 0.6 is 0 Å². The van der Waals surface area contributed by atoms with Crippen molar-refractivity contribution >= 4 is 5.57 Å². The van der Waals surface area contributed by atoms with Crippen molar-refractivity contribution in [3.05, 3.63) is 36.2 Å². The van der Waals surface area contributed by atoms with E-state index in [1.165, 1.54) is 6.20 Å². The molecule has 0 fully saturated rings. The molecule has 0 unspecified atom stereocenters. The van der Waals surface area contributed by atoms with E-state index in [2.05, 4.69) is 11.6 Å². The third kappa shape index (κ3) is 2.62. The van der Waals surface area contributed by atoms with Gasteiger partial charge in [-0.3, -0.25) is 4.98 Å². The summed E-state index contributed by atoms with van der Waals surface area (Å²) in [7, 11) is 0. The molecule has 1 nitrogen and oxygen atoms in total. The summed E-state index contributed by atoms with van der Waals surface area (Å²) in [5.74, 6) is 0. The van der Waals surface area contributed by atoms with Crippen LogP contribution in [0.15, 0.2) is 25.0 Å². The van der Waals surface area contributed by atoms with Crippen molar-refractivity contribution in [1.82, 2.24) is 4.98 Å². The molecule has 0 amide bonds. The number of allylic oxidation sites excluding steroid dienone is 1. The summed E-state index contributed by atoms with van der Waals surface area (Å²) >= 11 is 0. The fourth-order valence-corrected chi connectivity index (χ4v) is 1.29. The van der Waals surface area contributed by atoms with Crippen LogP contribution in [-0.2, 0) is 6.18 Å². The van der Waals surface area contributed by atoms with Gasteiger partial charge in [-0.2, -0.15) is 13.2 Å². The maximum atomic E-state index is 12.7. The van der Waals surface area contributed by atoms with E-state index in [1.807, 2.05) is 20.8 Å². The molecule has 0 radical (unpaired) electrons. The Hall–Kier alpha value is -1.32. The van der Waals surface area contributed by atoms with Gasteiger partial charge in [-0.05, 0) is 17.1 Å². The van der Waals surface area contributed by atoms with Gasteiger partial charge in [0, 0.05) is 18.0 Å². The van der Waals surface area contributed by atoms with Crippen LogP contribution in [0.4, 0.5) is 13.2 Å². The molecule has 0 N–H and O–H groups in total. The van der Waals surface area contributed by atoms with Gasteiger partial charge in [0.1, 0.15) is 0 Å². The number of nitrogens with zero attached hydrogens (tertiary/aromatic N) is 1. The topological polar surface area (TPSA) is 12.9 Å². The number of rotatable bonds is 1. The molecule has 0 bridgehead atoms.